The van der Waals surface area contributed by atoms with Gasteiger partial charge < -0.3 is 15.4 Å². The summed E-state index contributed by atoms with van der Waals surface area (Å²) >= 11 is 0. The van der Waals surface area contributed by atoms with Gasteiger partial charge in [-0.25, -0.2) is 9.97 Å². The second kappa shape index (κ2) is 10.1. The lowest BCUT2D eigenvalue weighted by Crippen LogP contribution is -2.25. The number of amides is 1. The van der Waals surface area contributed by atoms with Crippen molar-refractivity contribution in [3.05, 3.63) is 72.7 Å². The van der Waals surface area contributed by atoms with Gasteiger partial charge in [-0.1, -0.05) is 38.0 Å². The minimum absolute atomic E-state index is 0.197. The van der Waals surface area contributed by atoms with Crippen LogP contribution in [0.5, 0.6) is 11.5 Å². The molecular formula is C22H24N4O2. The van der Waals surface area contributed by atoms with Crippen molar-refractivity contribution in [1.29, 1.82) is 0 Å². The molecule has 0 aliphatic heterocycles. The second-order valence-corrected chi connectivity index (χ2v) is 6.31. The number of ether oxygens (including phenoxy) is 1. The van der Waals surface area contributed by atoms with Gasteiger partial charge in [0.15, 0.2) is 0 Å². The summed E-state index contributed by atoms with van der Waals surface area (Å²) in [6.07, 6.45) is 6.22. The summed E-state index contributed by atoms with van der Waals surface area (Å²) in [6, 6.07) is 17.2. The van der Waals surface area contributed by atoms with Crippen LogP contribution in [0.3, 0.4) is 0 Å². The minimum Gasteiger partial charge on any atom is -0.457 e. The summed E-state index contributed by atoms with van der Waals surface area (Å²) < 4.78 is 5.77. The molecule has 0 bridgehead atoms. The van der Waals surface area contributed by atoms with Crippen LogP contribution in [0.25, 0.3) is 0 Å². The SMILES string of the molecule is CCCCCNC(=O)c1cnc(Nc2ccc(Oc3ccccc3)cc2)cn1. The van der Waals surface area contributed by atoms with Crippen molar-refractivity contribution in [1.82, 2.24) is 15.3 Å². The molecule has 0 atom stereocenters. The first-order valence-electron chi connectivity index (χ1n) is 9.45. The summed E-state index contributed by atoms with van der Waals surface area (Å²) in [6.45, 7) is 2.79. The summed E-state index contributed by atoms with van der Waals surface area (Å²) in [5, 5.41) is 6.01. The molecule has 0 fully saturated rings. The van der Waals surface area contributed by atoms with Crippen LogP contribution >= 0.6 is 0 Å². The van der Waals surface area contributed by atoms with Crippen LogP contribution in [0.2, 0.25) is 0 Å². The number of nitrogens with zero attached hydrogens (tertiary/aromatic N) is 2. The zero-order valence-corrected chi connectivity index (χ0v) is 15.9. The standard InChI is InChI=1S/C22H24N4O2/c1-2-3-7-14-23-22(27)20-15-25-21(16-24-20)26-17-10-12-19(13-11-17)28-18-8-5-4-6-9-18/h4-6,8-13,15-16H,2-3,7,14H2,1H3,(H,23,27)(H,25,26). The Labute approximate surface area is 165 Å². The van der Waals surface area contributed by atoms with Crippen LogP contribution in [-0.4, -0.2) is 22.4 Å². The Hall–Kier alpha value is -3.41. The van der Waals surface area contributed by atoms with E-state index in [9.17, 15) is 4.79 Å². The number of anilines is 2. The molecule has 0 saturated carbocycles. The maximum absolute atomic E-state index is 12.0. The Morgan fingerprint density at radius 1 is 0.929 bits per heavy atom. The molecule has 1 amide bonds. The molecule has 6 heteroatoms. The number of hydrogen-bond donors (Lipinski definition) is 2. The molecule has 0 saturated heterocycles. The molecule has 0 radical (unpaired) electrons. The average Bonchev–Trinajstić information content (AvgIpc) is 2.74. The van der Waals surface area contributed by atoms with Gasteiger partial charge in [0.05, 0.1) is 12.4 Å². The molecule has 3 rings (SSSR count). The van der Waals surface area contributed by atoms with Crippen LogP contribution in [0, 0.1) is 0 Å². The maximum Gasteiger partial charge on any atom is 0.271 e. The second-order valence-electron chi connectivity index (χ2n) is 6.31. The maximum atomic E-state index is 12.0. The topological polar surface area (TPSA) is 76.1 Å². The number of unbranched alkanes of at least 4 members (excludes halogenated alkanes) is 2. The molecule has 28 heavy (non-hydrogen) atoms. The largest absolute Gasteiger partial charge is 0.457 e. The highest BCUT2D eigenvalue weighted by atomic mass is 16.5. The Balaban J connectivity index is 1.53. The minimum atomic E-state index is -0.197. The van der Waals surface area contributed by atoms with Gasteiger partial charge in [0.2, 0.25) is 0 Å². The first-order valence-corrected chi connectivity index (χ1v) is 9.45. The molecule has 0 spiro atoms. The van der Waals surface area contributed by atoms with Gasteiger partial charge in [0.25, 0.3) is 5.91 Å². The van der Waals surface area contributed by atoms with E-state index in [1.807, 2.05) is 54.6 Å². The van der Waals surface area contributed by atoms with Gasteiger partial charge in [-0.05, 0) is 42.8 Å². The van der Waals surface area contributed by atoms with E-state index in [0.717, 1.165) is 36.4 Å². The Kier molecular flexibility index (Phi) is 6.95. The molecule has 1 heterocycles. The molecule has 1 aromatic heterocycles. The molecule has 0 aliphatic rings. The average molecular weight is 376 g/mol. The van der Waals surface area contributed by atoms with Gasteiger partial charge in [-0.3, -0.25) is 4.79 Å². The number of rotatable bonds is 9. The molecule has 6 nitrogen and oxygen atoms in total. The zero-order valence-electron chi connectivity index (χ0n) is 15.9. The van der Waals surface area contributed by atoms with Gasteiger partial charge in [-0.2, -0.15) is 0 Å². The molecule has 2 aromatic carbocycles. The van der Waals surface area contributed by atoms with E-state index in [2.05, 4.69) is 27.5 Å². The highest BCUT2D eigenvalue weighted by Crippen LogP contribution is 2.23. The van der Waals surface area contributed by atoms with Gasteiger partial charge in [0, 0.05) is 12.2 Å². The monoisotopic (exact) mass is 376 g/mol. The lowest BCUT2D eigenvalue weighted by atomic mass is 10.2. The van der Waals surface area contributed by atoms with Gasteiger partial charge in [-0.15, -0.1) is 0 Å². The fourth-order valence-corrected chi connectivity index (χ4v) is 2.56. The number of hydrogen-bond acceptors (Lipinski definition) is 5. The van der Waals surface area contributed by atoms with Crippen molar-refractivity contribution >= 4 is 17.4 Å². The van der Waals surface area contributed by atoms with E-state index in [-0.39, 0.29) is 5.91 Å². The van der Waals surface area contributed by atoms with E-state index in [0.29, 0.717) is 18.1 Å². The lowest BCUT2D eigenvalue weighted by molar-refractivity contribution is 0.0947. The first kappa shape index (κ1) is 19.4. The molecule has 0 unspecified atom stereocenters. The van der Waals surface area contributed by atoms with Crippen LogP contribution < -0.4 is 15.4 Å². The number of aromatic nitrogens is 2. The molecular weight excluding hydrogens is 352 g/mol. The number of carbonyl (C=O) groups excluding carboxylic acids is 1. The quantitative estimate of drug-likeness (QED) is 0.518. The van der Waals surface area contributed by atoms with Crippen molar-refractivity contribution in [3.8, 4) is 11.5 Å². The fraction of sp³-hybridized carbons (Fsp3) is 0.227. The third-order valence-corrected chi connectivity index (χ3v) is 4.06. The summed E-state index contributed by atoms with van der Waals surface area (Å²) in [7, 11) is 0. The van der Waals surface area contributed by atoms with Crippen molar-refractivity contribution in [2.75, 3.05) is 11.9 Å². The predicted octanol–water partition coefficient (Wildman–Crippen LogP) is 4.93. The Morgan fingerprint density at radius 2 is 1.68 bits per heavy atom. The zero-order chi connectivity index (χ0) is 19.6. The highest BCUT2D eigenvalue weighted by Gasteiger charge is 2.07. The molecule has 2 N–H and O–H groups in total. The summed E-state index contributed by atoms with van der Waals surface area (Å²) in [4.78, 5) is 20.5. The Morgan fingerprint density at radius 3 is 2.36 bits per heavy atom. The van der Waals surface area contributed by atoms with E-state index >= 15 is 0 Å². The predicted molar refractivity (Wildman–Crippen MR) is 110 cm³/mol. The van der Waals surface area contributed by atoms with Crippen LogP contribution in [0.15, 0.2) is 67.0 Å². The number of nitrogens with one attached hydrogen (secondary N) is 2. The van der Waals surface area contributed by atoms with Crippen molar-refractivity contribution in [2.24, 2.45) is 0 Å². The third-order valence-electron chi connectivity index (χ3n) is 4.06. The Bertz CT molecular complexity index is 865. The van der Waals surface area contributed by atoms with E-state index in [1.165, 1.54) is 6.20 Å². The smallest absolute Gasteiger partial charge is 0.271 e. The fourth-order valence-electron chi connectivity index (χ4n) is 2.56. The van der Waals surface area contributed by atoms with Crippen molar-refractivity contribution in [3.63, 3.8) is 0 Å². The van der Waals surface area contributed by atoms with Crippen molar-refractivity contribution in [2.45, 2.75) is 26.2 Å². The highest BCUT2D eigenvalue weighted by molar-refractivity contribution is 5.92. The van der Waals surface area contributed by atoms with Gasteiger partial charge >= 0.3 is 0 Å². The summed E-state index contributed by atoms with van der Waals surface area (Å²) in [5.74, 6) is 1.91. The van der Waals surface area contributed by atoms with Crippen LogP contribution in [0.4, 0.5) is 11.5 Å². The van der Waals surface area contributed by atoms with E-state index in [4.69, 9.17) is 4.74 Å². The first-order chi connectivity index (χ1) is 13.7. The third kappa shape index (κ3) is 5.81. The molecule has 0 aliphatic carbocycles. The number of carbonyl (C=O) groups is 1. The van der Waals surface area contributed by atoms with Crippen molar-refractivity contribution < 1.29 is 9.53 Å². The lowest BCUT2D eigenvalue weighted by Gasteiger charge is -2.09. The number of para-hydroxylation sites is 1. The van der Waals surface area contributed by atoms with Gasteiger partial charge in [0.1, 0.15) is 23.0 Å². The van der Waals surface area contributed by atoms with Crippen LogP contribution in [0.1, 0.15) is 36.7 Å². The van der Waals surface area contributed by atoms with E-state index < -0.39 is 0 Å². The van der Waals surface area contributed by atoms with Crippen LogP contribution in [-0.2, 0) is 0 Å². The molecule has 3 aromatic rings. The number of benzene rings is 2. The normalized spacial score (nSPS) is 10.3. The summed E-state index contributed by atoms with van der Waals surface area (Å²) in [5.41, 5.74) is 1.17. The van der Waals surface area contributed by atoms with E-state index in [1.54, 1.807) is 6.20 Å². The molecule has 144 valence electrons.